The number of rotatable bonds is 3. The zero-order chi connectivity index (χ0) is 13.0. The standard InChI is InChI=1S/C12H14F2N2O2/c13-11(14)12(17)15-9-3-1-2-4-10(9)16-5-7-18-8-6-16/h1-4,11H,5-8H2,(H,15,17). The van der Waals surface area contributed by atoms with Gasteiger partial charge in [-0.25, -0.2) is 0 Å². The molecule has 1 N–H and O–H groups in total. The molecule has 0 spiro atoms. The number of carbonyl (C=O) groups excluding carboxylic acids is 1. The molecule has 1 aromatic carbocycles. The molecule has 0 bridgehead atoms. The van der Waals surface area contributed by atoms with Gasteiger partial charge in [-0.1, -0.05) is 12.1 Å². The third kappa shape index (κ3) is 2.95. The zero-order valence-electron chi connectivity index (χ0n) is 9.73. The van der Waals surface area contributed by atoms with Crippen LogP contribution >= 0.6 is 0 Å². The Labute approximate surface area is 104 Å². The van der Waals surface area contributed by atoms with Crippen LogP contribution in [0.4, 0.5) is 20.2 Å². The first kappa shape index (κ1) is 12.8. The number of para-hydroxylation sites is 2. The van der Waals surface area contributed by atoms with Crippen LogP contribution in [0.15, 0.2) is 24.3 Å². The Morgan fingerprint density at radius 3 is 2.61 bits per heavy atom. The van der Waals surface area contributed by atoms with E-state index in [4.69, 9.17) is 4.74 Å². The van der Waals surface area contributed by atoms with Gasteiger partial charge in [0.25, 0.3) is 5.91 Å². The first-order valence-electron chi connectivity index (χ1n) is 5.69. The highest BCUT2D eigenvalue weighted by molar-refractivity contribution is 5.96. The number of ether oxygens (including phenoxy) is 1. The Bertz CT molecular complexity index is 420. The molecule has 98 valence electrons. The molecule has 2 rings (SSSR count). The molecule has 0 aliphatic carbocycles. The van der Waals surface area contributed by atoms with Crippen molar-refractivity contribution in [2.24, 2.45) is 0 Å². The topological polar surface area (TPSA) is 41.6 Å². The summed E-state index contributed by atoms with van der Waals surface area (Å²) in [7, 11) is 0. The summed E-state index contributed by atoms with van der Waals surface area (Å²) in [6.45, 7) is 2.55. The summed E-state index contributed by atoms with van der Waals surface area (Å²) in [5.41, 5.74) is 1.15. The predicted molar refractivity (Wildman–Crippen MR) is 64.1 cm³/mol. The number of hydrogen-bond donors (Lipinski definition) is 1. The average molecular weight is 256 g/mol. The van der Waals surface area contributed by atoms with Crippen molar-refractivity contribution >= 4 is 17.3 Å². The van der Waals surface area contributed by atoms with Crippen LogP contribution in [0.5, 0.6) is 0 Å². The largest absolute Gasteiger partial charge is 0.378 e. The summed E-state index contributed by atoms with van der Waals surface area (Å²) >= 11 is 0. The van der Waals surface area contributed by atoms with E-state index in [2.05, 4.69) is 5.32 Å². The second-order valence-corrected chi connectivity index (χ2v) is 3.91. The Kier molecular flexibility index (Phi) is 4.09. The normalized spacial score (nSPS) is 15.8. The fourth-order valence-corrected chi connectivity index (χ4v) is 1.85. The van der Waals surface area contributed by atoms with E-state index in [0.29, 0.717) is 32.0 Å². The van der Waals surface area contributed by atoms with Crippen LogP contribution in [0.25, 0.3) is 0 Å². The SMILES string of the molecule is O=C(Nc1ccccc1N1CCOCC1)C(F)F. The van der Waals surface area contributed by atoms with Crippen molar-refractivity contribution in [3.05, 3.63) is 24.3 Å². The van der Waals surface area contributed by atoms with Crippen LogP contribution in [0.1, 0.15) is 0 Å². The molecule has 1 fully saturated rings. The average Bonchev–Trinajstić information content (AvgIpc) is 2.40. The molecular weight excluding hydrogens is 242 g/mol. The fourth-order valence-electron chi connectivity index (χ4n) is 1.85. The lowest BCUT2D eigenvalue weighted by molar-refractivity contribution is -0.126. The maximum atomic E-state index is 12.2. The molecule has 0 radical (unpaired) electrons. The Hall–Kier alpha value is -1.69. The molecule has 0 saturated carbocycles. The first-order chi connectivity index (χ1) is 8.68. The minimum Gasteiger partial charge on any atom is -0.378 e. The van der Waals surface area contributed by atoms with Gasteiger partial charge in [0.15, 0.2) is 0 Å². The predicted octanol–water partition coefficient (Wildman–Crippen LogP) is 1.73. The van der Waals surface area contributed by atoms with E-state index in [0.717, 1.165) is 5.69 Å². The highest BCUT2D eigenvalue weighted by Crippen LogP contribution is 2.26. The van der Waals surface area contributed by atoms with Crippen molar-refractivity contribution in [3.8, 4) is 0 Å². The minimum atomic E-state index is -3.01. The van der Waals surface area contributed by atoms with Crippen LogP contribution in [0, 0.1) is 0 Å². The van der Waals surface area contributed by atoms with Gasteiger partial charge in [0, 0.05) is 13.1 Å². The van der Waals surface area contributed by atoms with E-state index in [1.54, 1.807) is 18.2 Å². The molecule has 18 heavy (non-hydrogen) atoms. The second kappa shape index (κ2) is 5.77. The first-order valence-corrected chi connectivity index (χ1v) is 5.69. The number of carbonyl (C=O) groups is 1. The smallest absolute Gasteiger partial charge is 0.315 e. The van der Waals surface area contributed by atoms with Crippen molar-refractivity contribution in [2.75, 3.05) is 36.5 Å². The number of anilines is 2. The quantitative estimate of drug-likeness (QED) is 0.895. The van der Waals surface area contributed by atoms with E-state index >= 15 is 0 Å². The van der Waals surface area contributed by atoms with Gasteiger partial charge >= 0.3 is 6.43 Å². The summed E-state index contributed by atoms with van der Waals surface area (Å²) in [5.74, 6) is -1.28. The molecular formula is C12H14F2N2O2. The van der Waals surface area contributed by atoms with Crippen LogP contribution in [-0.4, -0.2) is 38.6 Å². The lowest BCUT2D eigenvalue weighted by Gasteiger charge is -2.30. The molecule has 0 unspecified atom stereocenters. The molecule has 1 saturated heterocycles. The maximum Gasteiger partial charge on any atom is 0.315 e. The van der Waals surface area contributed by atoms with E-state index in [1.165, 1.54) is 0 Å². The van der Waals surface area contributed by atoms with Crippen LogP contribution in [0.2, 0.25) is 0 Å². The minimum absolute atomic E-state index is 0.407. The van der Waals surface area contributed by atoms with E-state index in [1.807, 2.05) is 11.0 Å². The van der Waals surface area contributed by atoms with Gasteiger partial charge in [0.2, 0.25) is 0 Å². The van der Waals surface area contributed by atoms with Crippen LogP contribution in [0.3, 0.4) is 0 Å². The second-order valence-electron chi connectivity index (χ2n) is 3.91. The molecule has 6 heteroatoms. The van der Waals surface area contributed by atoms with Crippen molar-refractivity contribution in [3.63, 3.8) is 0 Å². The van der Waals surface area contributed by atoms with Gasteiger partial charge in [-0.2, -0.15) is 8.78 Å². The van der Waals surface area contributed by atoms with Gasteiger partial charge < -0.3 is 15.0 Å². The number of nitrogens with one attached hydrogen (secondary N) is 1. The van der Waals surface area contributed by atoms with Crippen molar-refractivity contribution in [1.82, 2.24) is 0 Å². The van der Waals surface area contributed by atoms with Crippen molar-refractivity contribution in [1.29, 1.82) is 0 Å². The summed E-state index contributed by atoms with van der Waals surface area (Å²) in [6, 6.07) is 6.92. The molecule has 1 aromatic rings. The van der Waals surface area contributed by atoms with E-state index in [9.17, 15) is 13.6 Å². The zero-order valence-corrected chi connectivity index (χ0v) is 9.73. The maximum absolute atomic E-state index is 12.2. The Balaban J connectivity index is 2.16. The third-order valence-corrected chi connectivity index (χ3v) is 2.71. The Morgan fingerprint density at radius 2 is 1.94 bits per heavy atom. The van der Waals surface area contributed by atoms with E-state index < -0.39 is 12.3 Å². The van der Waals surface area contributed by atoms with Gasteiger partial charge in [0.1, 0.15) is 0 Å². The lowest BCUT2D eigenvalue weighted by atomic mass is 10.2. The van der Waals surface area contributed by atoms with Crippen molar-refractivity contribution in [2.45, 2.75) is 6.43 Å². The Morgan fingerprint density at radius 1 is 1.28 bits per heavy atom. The number of halogens is 2. The number of morpholine rings is 1. The third-order valence-electron chi connectivity index (χ3n) is 2.71. The summed E-state index contributed by atoms with van der Waals surface area (Å²) in [6.07, 6.45) is -3.01. The summed E-state index contributed by atoms with van der Waals surface area (Å²) in [4.78, 5) is 13.0. The molecule has 0 atom stereocenters. The molecule has 4 nitrogen and oxygen atoms in total. The number of benzene rings is 1. The number of alkyl halides is 2. The fraction of sp³-hybridized carbons (Fsp3) is 0.417. The summed E-state index contributed by atoms with van der Waals surface area (Å²) in [5, 5.41) is 2.24. The van der Waals surface area contributed by atoms with E-state index in [-0.39, 0.29) is 0 Å². The molecule has 1 heterocycles. The molecule has 1 aliphatic rings. The van der Waals surface area contributed by atoms with Gasteiger partial charge in [0.05, 0.1) is 24.6 Å². The van der Waals surface area contributed by atoms with Crippen molar-refractivity contribution < 1.29 is 18.3 Å². The monoisotopic (exact) mass is 256 g/mol. The van der Waals surface area contributed by atoms with Gasteiger partial charge in [-0.15, -0.1) is 0 Å². The highest BCUT2D eigenvalue weighted by atomic mass is 19.3. The van der Waals surface area contributed by atoms with Gasteiger partial charge in [-0.05, 0) is 12.1 Å². The van der Waals surface area contributed by atoms with Crippen LogP contribution < -0.4 is 10.2 Å². The number of hydrogen-bond acceptors (Lipinski definition) is 3. The highest BCUT2D eigenvalue weighted by Gasteiger charge is 2.19. The summed E-state index contributed by atoms with van der Waals surface area (Å²) < 4.78 is 29.7. The molecule has 1 aliphatic heterocycles. The molecule has 1 amide bonds. The lowest BCUT2D eigenvalue weighted by Crippen LogP contribution is -2.37. The van der Waals surface area contributed by atoms with Crippen LogP contribution in [-0.2, 0) is 9.53 Å². The number of nitrogens with zero attached hydrogens (tertiary/aromatic N) is 1. The van der Waals surface area contributed by atoms with Gasteiger partial charge in [-0.3, -0.25) is 4.79 Å². The molecule has 0 aromatic heterocycles. The number of amides is 1.